The van der Waals surface area contributed by atoms with E-state index in [1.165, 1.54) is 0 Å². The fourth-order valence-electron chi connectivity index (χ4n) is 1.79. The molecule has 0 aliphatic rings. The van der Waals surface area contributed by atoms with Crippen molar-refractivity contribution in [3.05, 3.63) is 34.6 Å². The Bertz CT molecular complexity index is 463. The summed E-state index contributed by atoms with van der Waals surface area (Å²) in [5.41, 5.74) is 4.25. The number of aliphatic hydroxyl groups excluding tert-OH is 1. The molecule has 1 rings (SSSR count). The van der Waals surface area contributed by atoms with E-state index in [2.05, 4.69) is 0 Å². The maximum Gasteiger partial charge on any atom is 0.200 e. The Labute approximate surface area is 113 Å². The molecule has 0 aliphatic carbocycles. The number of hydrogen-bond donors (Lipinski definition) is 2. The van der Waals surface area contributed by atoms with Crippen LogP contribution in [0, 0.1) is 35.0 Å². The van der Waals surface area contributed by atoms with Gasteiger partial charge in [0.15, 0.2) is 23.3 Å². The van der Waals surface area contributed by atoms with Gasteiger partial charge in [0.1, 0.15) is 0 Å². The van der Waals surface area contributed by atoms with E-state index in [0.29, 0.717) is 6.42 Å². The van der Waals surface area contributed by atoms with Crippen molar-refractivity contribution in [2.75, 3.05) is 0 Å². The lowest BCUT2D eigenvalue weighted by molar-refractivity contribution is 0.124. The molecule has 0 saturated heterocycles. The highest BCUT2D eigenvalue weighted by Crippen LogP contribution is 2.29. The van der Waals surface area contributed by atoms with Gasteiger partial charge in [0, 0.05) is 5.56 Å². The summed E-state index contributed by atoms with van der Waals surface area (Å²) in [6, 6.07) is -1.68. The normalized spacial score (nSPS) is 14.7. The van der Waals surface area contributed by atoms with Crippen molar-refractivity contribution in [3.63, 3.8) is 0 Å². The zero-order valence-corrected chi connectivity index (χ0v) is 11.1. The minimum absolute atomic E-state index is 0.0956. The third kappa shape index (κ3) is 3.27. The molecule has 0 unspecified atom stereocenters. The summed E-state index contributed by atoms with van der Waals surface area (Å²) in [4.78, 5) is 0. The molecule has 2 nitrogen and oxygen atoms in total. The van der Waals surface area contributed by atoms with Crippen LogP contribution in [0.1, 0.15) is 38.3 Å². The molecule has 7 heteroatoms. The van der Waals surface area contributed by atoms with Crippen molar-refractivity contribution in [2.24, 2.45) is 11.7 Å². The van der Waals surface area contributed by atoms with Gasteiger partial charge in [-0.25, -0.2) is 22.0 Å². The van der Waals surface area contributed by atoms with Crippen molar-refractivity contribution < 1.29 is 27.1 Å². The predicted octanol–water partition coefficient (Wildman–Crippen LogP) is 3.18. The second-order valence-electron chi connectivity index (χ2n) is 5.05. The second kappa shape index (κ2) is 6.49. The van der Waals surface area contributed by atoms with Crippen molar-refractivity contribution in [1.82, 2.24) is 0 Å². The number of halogens is 5. The fourth-order valence-corrected chi connectivity index (χ4v) is 1.79. The van der Waals surface area contributed by atoms with Crippen LogP contribution in [0.25, 0.3) is 0 Å². The standard InChI is InChI=1S/C13H16F5NO/c1-5(2)3-4-6(20)13(19)7-8(14)10(16)12(18)11(17)9(7)15/h5-6,13,20H,3-4,19H2,1-2H3/t6-,13-/m1/s1. The zero-order valence-electron chi connectivity index (χ0n) is 11.1. The van der Waals surface area contributed by atoms with E-state index in [1.807, 2.05) is 13.8 Å². The molecule has 1 aromatic rings. The molecular formula is C13H16F5NO. The molecular weight excluding hydrogens is 281 g/mol. The van der Waals surface area contributed by atoms with Crippen LogP contribution in [-0.2, 0) is 0 Å². The van der Waals surface area contributed by atoms with Crippen molar-refractivity contribution in [1.29, 1.82) is 0 Å². The summed E-state index contributed by atoms with van der Waals surface area (Å²) in [5.74, 6) is -10.2. The minimum atomic E-state index is -2.24. The zero-order chi connectivity index (χ0) is 15.6. The molecule has 0 heterocycles. The highest BCUT2D eigenvalue weighted by Gasteiger charge is 2.31. The van der Waals surface area contributed by atoms with Gasteiger partial charge in [-0.2, -0.15) is 0 Å². The fraction of sp³-hybridized carbons (Fsp3) is 0.538. The molecule has 0 saturated carbocycles. The summed E-state index contributed by atoms with van der Waals surface area (Å²) in [7, 11) is 0. The first-order valence-corrected chi connectivity index (χ1v) is 6.13. The van der Waals surface area contributed by atoms with E-state index in [4.69, 9.17) is 5.73 Å². The van der Waals surface area contributed by atoms with Crippen LogP contribution in [0.5, 0.6) is 0 Å². The smallest absolute Gasteiger partial charge is 0.200 e. The van der Waals surface area contributed by atoms with Gasteiger partial charge in [-0.3, -0.25) is 0 Å². The molecule has 2 atom stereocenters. The van der Waals surface area contributed by atoms with Gasteiger partial charge < -0.3 is 10.8 Å². The molecule has 3 N–H and O–H groups in total. The van der Waals surface area contributed by atoms with E-state index in [9.17, 15) is 27.1 Å². The lowest BCUT2D eigenvalue weighted by atomic mass is 9.95. The number of rotatable bonds is 5. The molecule has 0 aliphatic heterocycles. The summed E-state index contributed by atoms with van der Waals surface area (Å²) in [5, 5.41) is 9.72. The maximum atomic E-state index is 13.5. The van der Waals surface area contributed by atoms with E-state index in [1.54, 1.807) is 0 Å². The monoisotopic (exact) mass is 297 g/mol. The molecule has 20 heavy (non-hydrogen) atoms. The highest BCUT2D eigenvalue weighted by atomic mass is 19.2. The Kier molecular flexibility index (Phi) is 5.47. The number of benzene rings is 1. The quantitative estimate of drug-likeness (QED) is 0.498. The van der Waals surface area contributed by atoms with E-state index in [-0.39, 0.29) is 12.3 Å². The van der Waals surface area contributed by atoms with Gasteiger partial charge in [0.05, 0.1) is 12.1 Å². The van der Waals surface area contributed by atoms with E-state index in [0.717, 1.165) is 0 Å². The minimum Gasteiger partial charge on any atom is -0.391 e. The number of nitrogens with two attached hydrogens (primary N) is 1. The third-order valence-corrected chi connectivity index (χ3v) is 3.03. The summed E-state index contributed by atoms with van der Waals surface area (Å²) in [6.07, 6.45) is -0.798. The Balaban J connectivity index is 3.13. The van der Waals surface area contributed by atoms with Gasteiger partial charge in [-0.05, 0) is 18.8 Å². The molecule has 0 amide bonds. The molecule has 0 radical (unpaired) electrons. The van der Waals surface area contributed by atoms with Crippen LogP contribution in [0.15, 0.2) is 0 Å². The first-order chi connectivity index (χ1) is 9.18. The van der Waals surface area contributed by atoms with Gasteiger partial charge in [0.2, 0.25) is 5.82 Å². The summed E-state index contributed by atoms with van der Waals surface area (Å²) in [6.45, 7) is 3.72. The SMILES string of the molecule is CC(C)CC[C@@H](O)[C@@H](N)c1c(F)c(F)c(F)c(F)c1F. The van der Waals surface area contributed by atoms with Crippen LogP contribution in [0.4, 0.5) is 22.0 Å². The van der Waals surface area contributed by atoms with Crippen molar-refractivity contribution in [2.45, 2.75) is 38.8 Å². The molecule has 0 aromatic heterocycles. The van der Waals surface area contributed by atoms with Gasteiger partial charge in [0.25, 0.3) is 0 Å². The Morgan fingerprint density at radius 1 is 0.850 bits per heavy atom. The largest absolute Gasteiger partial charge is 0.391 e. The van der Waals surface area contributed by atoms with Crippen molar-refractivity contribution in [3.8, 4) is 0 Å². The molecule has 1 aromatic carbocycles. The van der Waals surface area contributed by atoms with Crippen LogP contribution in [0.2, 0.25) is 0 Å². The lowest BCUT2D eigenvalue weighted by Crippen LogP contribution is -2.29. The van der Waals surface area contributed by atoms with E-state index < -0.39 is 46.8 Å². The molecule has 0 fully saturated rings. The van der Waals surface area contributed by atoms with Crippen LogP contribution in [0.3, 0.4) is 0 Å². The molecule has 114 valence electrons. The topological polar surface area (TPSA) is 46.2 Å². The van der Waals surface area contributed by atoms with Crippen LogP contribution in [-0.4, -0.2) is 11.2 Å². The lowest BCUT2D eigenvalue weighted by Gasteiger charge is -2.21. The van der Waals surface area contributed by atoms with Crippen LogP contribution < -0.4 is 5.73 Å². The molecule has 0 spiro atoms. The Hall–Kier alpha value is -1.21. The Morgan fingerprint density at radius 3 is 1.65 bits per heavy atom. The van der Waals surface area contributed by atoms with Gasteiger partial charge >= 0.3 is 0 Å². The summed E-state index contributed by atoms with van der Waals surface area (Å²) >= 11 is 0. The predicted molar refractivity (Wildman–Crippen MR) is 63.2 cm³/mol. The maximum absolute atomic E-state index is 13.5. The number of aliphatic hydroxyl groups is 1. The average Bonchev–Trinajstić information content (AvgIpc) is 2.40. The van der Waals surface area contributed by atoms with Gasteiger partial charge in [-0.15, -0.1) is 0 Å². The first kappa shape index (κ1) is 16.8. The van der Waals surface area contributed by atoms with E-state index >= 15 is 0 Å². The number of hydrogen-bond acceptors (Lipinski definition) is 2. The Morgan fingerprint density at radius 2 is 1.25 bits per heavy atom. The summed E-state index contributed by atoms with van der Waals surface area (Å²) < 4.78 is 66.0. The third-order valence-electron chi connectivity index (χ3n) is 3.03. The first-order valence-electron chi connectivity index (χ1n) is 6.13. The van der Waals surface area contributed by atoms with Gasteiger partial charge in [-0.1, -0.05) is 13.8 Å². The second-order valence-corrected chi connectivity index (χ2v) is 5.05. The van der Waals surface area contributed by atoms with Crippen molar-refractivity contribution >= 4 is 0 Å². The average molecular weight is 297 g/mol. The highest BCUT2D eigenvalue weighted by molar-refractivity contribution is 5.27. The van der Waals surface area contributed by atoms with Crippen LogP contribution >= 0.6 is 0 Å². The molecule has 0 bridgehead atoms.